The Kier molecular flexibility index (Phi) is 2.51. The molecule has 0 aromatic heterocycles. The maximum absolute atomic E-state index is 11.8. The van der Waals surface area contributed by atoms with Gasteiger partial charge in [0.1, 0.15) is 0 Å². The summed E-state index contributed by atoms with van der Waals surface area (Å²) in [7, 11) is 0. The van der Waals surface area contributed by atoms with Crippen molar-refractivity contribution in [1.29, 1.82) is 0 Å². The van der Waals surface area contributed by atoms with Gasteiger partial charge in [0.05, 0.1) is 5.92 Å². The largest absolute Gasteiger partial charge is 0.325 e. The van der Waals surface area contributed by atoms with Crippen LogP contribution < -0.4 is 5.32 Å². The molecule has 1 N–H and O–H groups in total. The summed E-state index contributed by atoms with van der Waals surface area (Å²) < 4.78 is 0. The van der Waals surface area contributed by atoms with E-state index in [-0.39, 0.29) is 11.8 Å². The van der Waals surface area contributed by atoms with Crippen molar-refractivity contribution in [2.75, 3.05) is 5.32 Å². The maximum atomic E-state index is 11.8. The Labute approximate surface area is 90.7 Å². The molecule has 1 amide bonds. The molecule has 0 fully saturated rings. The fourth-order valence-corrected chi connectivity index (χ4v) is 2.15. The number of rotatable bonds is 2. The van der Waals surface area contributed by atoms with Crippen LogP contribution in [0.3, 0.4) is 0 Å². The molecule has 0 aliphatic carbocycles. The third-order valence-corrected chi connectivity index (χ3v) is 2.86. The van der Waals surface area contributed by atoms with E-state index in [0.29, 0.717) is 5.92 Å². The van der Waals surface area contributed by atoms with Crippen LogP contribution in [-0.4, -0.2) is 5.91 Å². The monoisotopic (exact) mass is 203 g/mol. The molecule has 1 aliphatic rings. The van der Waals surface area contributed by atoms with Crippen molar-refractivity contribution in [1.82, 2.24) is 0 Å². The first-order chi connectivity index (χ1) is 7.08. The molecule has 2 nitrogen and oxygen atoms in total. The molecule has 0 saturated carbocycles. The Balaban J connectivity index is 2.35. The lowest BCUT2D eigenvalue weighted by Gasteiger charge is -2.11. The topological polar surface area (TPSA) is 29.1 Å². The van der Waals surface area contributed by atoms with E-state index in [9.17, 15) is 4.79 Å². The first-order valence-electron chi connectivity index (χ1n) is 5.49. The van der Waals surface area contributed by atoms with Crippen molar-refractivity contribution in [3.63, 3.8) is 0 Å². The molecule has 0 bridgehead atoms. The fraction of sp³-hybridized carbons (Fsp3) is 0.462. The molecule has 15 heavy (non-hydrogen) atoms. The van der Waals surface area contributed by atoms with Crippen LogP contribution in [0.25, 0.3) is 0 Å². The Hall–Kier alpha value is -1.31. The van der Waals surface area contributed by atoms with Gasteiger partial charge in [0.25, 0.3) is 0 Å². The quantitative estimate of drug-likeness (QED) is 0.786. The van der Waals surface area contributed by atoms with Crippen LogP contribution in [0.5, 0.6) is 0 Å². The average Bonchev–Trinajstić information content (AvgIpc) is 2.43. The van der Waals surface area contributed by atoms with E-state index in [2.05, 4.69) is 32.2 Å². The first kappa shape index (κ1) is 10.2. The zero-order valence-electron chi connectivity index (χ0n) is 9.50. The van der Waals surface area contributed by atoms with Crippen molar-refractivity contribution < 1.29 is 4.79 Å². The van der Waals surface area contributed by atoms with Crippen molar-refractivity contribution in [3.8, 4) is 0 Å². The molecule has 0 radical (unpaired) electrons. The summed E-state index contributed by atoms with van der Waals surface area (Å²) in [6, 6.07) is 6.17. The summed E-state index contributed by atoms with van der Waals surface area (Å²) in [6.45, 7) is 6.37. The number of fused-ring (bicyclic) bond motifs is 1. The van der Waals surface area contributed by atoms with Crippen LogP contribution in [-0.2, 0) is 4.79 Å². The summed E-state index contributed by atoms with van der Waals surface area (Å²) in [6.07, 6.45) is 0.933. The van der Waals surface area contributed by atoms with Gasteiger partial charge in [0.15, 0.2) is 0 Å². The number of benzene rings is 1. The van der Waals surface area contributed by atoms with Crippen molar-refractivity contribution in [3.05, 3.63) is 29.3 Å². The SMILES string of the molecule is Cc1ccc2c(c1)C(CC(C)C)C(=O)N2. The lowest BCUT2D eigenvalue weighted by atomic mass is 9.91. The number of nitrogens with one attached hydrogen (secondary N) is 1. The molecule has 80 valence electrons. The average molecular weight is 203 g/mol. The van der Waals surface area contributed by atoms with E-state index in [1.54, 1.807) is 0 Å². The second kappa shape index (κ2) is 3.69. The number of hydrogen-bond acceptors (Lipinski definition) is 1. The van der Waals surface area contributed by atoms with Crippen LogP contribution in [0.1, 0.15) is 37.3 Å². The molecular formula is C13H17NO. The van der Waals surface area contributed by atoms with Crippen LogP contribution in [0.2, 0.25) is 0 Å². The number of hydrogen-bond donors (Lipinski definition) is 1. The molecule has 1 unspecified atom stereocenters. The van der Waals surface area contributed by atoms with Gasteiger partial charge < -0.3 is 5.32 Å². The van der Waals surface area contributed by atoms with Crippen LogP contribution in [0.4, 0.5) is 5.69 Å². The van der Waals surface area contributed by atoms with E-state index in [0.717, 1.165) is 12.1 Å². The highest BCUT2D eigenvalue weighted by Crippen LogP contribution is 2.36. The number of amides is 1. The predicted molar refractivity (Wildman–Crippen MR) is 62.0 cm³/mol. The standard InChI is InChI=1S/C13H17NO/c1-8(2)6-11-10-7-9(3)4-5-12(10)14-13(11)15/h4-5,7-8,11H,6H2,1-3H3,(H,14,15). The van der Waals surface area contributed by atoms with Crippen molar-refractivity contribution in [2.45, 2.75) is 33.1 Å². The second-order valence-corrected chi connectivity index (χ2v) is 4.76. The highest BCUT2D eigenvalue weighted by molar-refractivity contribution is 6.02. The smallest absolute Gasteiger partial charge is 0.232 e. The molecular weight excluding hydrogens is 186 g/mol. The number of carbonyl (C=O) groups excluding carboxylic acids is 1. The van der Waals surface area contributed by atoms with Gasteiger partial charge in [-0.05, 0) is 30.9 Å². The molecule has 2 heteroatoms. The van der Waals surface area contributed by atoms with Gasteiger partial charge in [-0.3, -0.25) is 4.79 Å². The van der Waals surface area contributed by atoms with Gasteiger partial charge in [-0.15, -0.1) is 0 Å². The van der Waals surface area contributed by atoms with E-state index in [4.69, 9.17) is 0 Å². The molecule has 1 aromatic carbocycles. The first-order valence-corrected chi connectivity index (χ1v) is 5.49. The fourth-order valence-electron chi connectivity index (χ4n) is 2.15. The highest BCUT2D eigenvalue weighted by atomic mass is 16.2. The highest BCUT2D eigenvalue weighted by Gasteiger charge is 2.30. The zero-order valence-corrected chi connectivity index (χ0v) is 9.50. The van der Waals surface area contributed by atoms with E-state index < -0.39 is 0 Å². The number of aryl methyl sites for hydroxylation is 1. The Morgan fingerprint density at radius 2 is 2.13 bits per heavy atom. The predicted octanol–water partition coefficient (Wildman–Crippen LogP) is 3.08. The van der Waals surface area contributed by atoms with E-state index in [1.807, 2.05) is 12.1 Å². The van der Waals surface area contributed by atoms with Gasteiger partial charge in [0, 0.05) is 5.69 Å². The van der Waals surface area contributed by atoms with Gasteiger partial charge in [-0.25, -0.2) is 0 Å². The molecule has 1 aromatic rings. The van der Waals surface area contributed by atoms with Gasteiger partial charge in [-0.2, -0.15) is 0 Å². The van der Waals surface area contributed by atoms with Crippen LogP contribution >= 0.6 is 0 Å². The minimum atomic E-state index is 0.0555. The second-order valence-electron chi connectivity index (χ2n) is 4.76. The Bertz CT molecular complexity index is 396. The third kappa shape index (κ3) is 1.89. The number of anilines is 1. The summed E-state index contributed by atoms with van der Waals surface area (Å²) >= 11 is 0. The summed E-state index contributed by atoms with van der Waals surface area (Å²) in [5, 5.41) is 2.94. The Morgan fingerprint density at radius 1 is 1.40 bits per heavy atom. The summed E-state index contributed by atoms with van der Waals surface area (Å²) in [5.74, 6) is 0.761. The van der Waals surface area contributed by atoms with Crippen LogP contribution in [0.15, 0.2) is 18.2 Å². The summed E-state index contributed by atoms with van der Waals surface area (Å²) in [4.78, 5) is 11.8. The van der Waals surface area contributed by atoms with Crippen molar-refractivity contribution in [2.24, 2.45) is 5.92 Å². The zero-order chi connectivity index (χ0) is 11.0. The lowest BCUT2D eigenvalue weighted by Crippen LogP contribution is -2.13. The van der Waals surface area contributed by atoms with Crippen LogP contribution in [0, 0.1) is 12.8 Å². The molecule has 2 rings (SSSR count). The molecule has 0 saturated heterocycles. The van der Waals surface area contributed by atoms with Gasteiger partial charge >= 0.3 is 0 Å². The van der Waals surface area contributed by atoms with E-state index in [1.165, 1.54) is 11.1 Å². The van der Waals surface area contributed by atoms with Gasteiger partial charge in [0.2, 0.25) is 5.91 Å². The lowest BCUT2D eigenvalue weighted by molar-refractivity contribution is -0.117. The van der Waals surface area contributed by atoms with Gasteiger partial charge in [-0.1, -0.05) is 31.5 Å². The van der Waals surface area contributed by atoms with Crippen molar-refractivity contribution >= 4 is 11.6 Å². The summed E-state index contributed by atoms with van der Waals surface area (Å²) in [5.41, 5.74) is 3.39. The number of carbonyl (C=O) groups is 1. The molecule has 1 aliphatic heterocycles. The minimum Gasteiger partial charge on any atom is -0.325 e. The minimum absolute atomic E-state index is 0.0555. The molecule has 1 heterocycles. The van der Waals surface area contributed by atoms with E-state index >= 15 is 0 Å². The molecule has 0 spiro atoms. The normalized spacial score (nSPS) is 19.2. The third-order valence-electron chi connectivity index (χ3n) is 2.86. The molecule has 1 atom stereocenters. The Morgan fingerprint density at radius 3 is 2.80 bits per heavy atom. The maximum Gasteiger partial charge on any atom is 0.232 e.